The third-order valence-electron chi connectivity index (χ3n) is 7.71. The Kier molecular flexibility index (Phi) is 9.22. The Morgan fingerprint density at radius 3 is 2.49 bits per heavy atom. The second kappa shape index (κ2) is 12.9. The molecule has 1 amide bonds. The number of carbonyl (C=O) groups is 2. The summed E-state index contributed by atoms with van der Waals surface area (Å²) >= 11 is 0. The summed E-state index contributed by atoms with van der Waals surface area (Å²) in [5.41, 5.74) is 1.91. The third-order valence-corrected chi connectivity index (χ3v) is 7.71. The second-order valence-electron chi connectivity index (χ2n) is 12.7. The Labute approximate surface area is 260 Å². The minimum atomic E-state index is -0.910. The van der Waals surface area contributed by atoms with Gasteiger partial charge in [0.15, 0.2) is 0 Å². The lowest BCUT2D eigenvalue weighted by atomic mass is 9.94. The Morgan fingerprint density at radius 1 is 1.07 bits per heavy atom. The van der Waals surface area contributed by atoms with Crippen LogP contribution in [0.4, 0.5) is 29.3 Å². The molecule has 1 aromatic carbocycles. The van der Waals surface area contributed by atoms with E-state index in [0.717, 1.165) is 35.9 Å². The van der Waals surface area contributed by atoms with Gasteiger partial charge < -0.3 is 25.0 Å². The van der Waals surface area contributed by atoms with Crippen LogP contribution in [0.2, 0.25) is 0 Å². The van der Waals surface area contributed by atoms with Gasteiger partial charge in [0.05, 0.1) is 41.1 Å². The number of nitrogens with zero attached hydrogens (tertiary/aromatic N) is 3. The average molecular weight is 626 g/mol. The van der Waals surface area contributed by atoms with Crippen LogP contribution in [0.3, 0.4) is 0 Å². The summed E-state index contributed by atoms with van der Waals surface area (Å²) in [4.78, 5) is 35.5. The number of ether oxygens (including phenoxy) is 2. The van der Waals surface area contributed by atoms with Gasteiger partial charge in [0, 0.05) is 31.6 Å². The molecular weight excluding hydrogens is 587 g/mol. The summed E-state index contributed by atoms with van der Waals surface area (Å²) in [7, 11) is 0. The number of anilines is 2. The molecule has 12 heteroatoms. The average Bonchev–Trinajstić information content (AvgIpc) is 3.33. The van der Waals surface area contributed by atoms with Gasteiger partial charge >= 0.3 is 12.1 Å². The molecule has 5 rings (SSSR count). The topological polar surface area (TPSA) is 106 Å². The number of piperidine rings is 1. The van der Waals surface area contributed by atoms with E-state index in [4.69, 9.17) is 9.47 Å². The van der Waals surface area contributed by atoms with Crippen LogP contribution in [0.1, 0.15) is 70.5 Å². The summed E-state index contributed by atoms with van der Waals surface area (Å²) in [5, 5.41) is 6.35. The van der Waals surface area contributed by atoms with Gasteiger partial charge in [0.25, 0.3) is 0 Å². The van der Waals surface area contributed by atoms with E-state index in [1.807, 2.05) is 20.8 Å². The lowest BCUT2D eigenvalue weighted by molar-refractivity contribution is -0.146. The summed E-state index contributed by atoms with van der Waals surface area (Å²) in [5.74, 6) is -2.83. The number of fused-ring (bicyclic) bond motifs is 1. The van der Waals surface area contributed by atoms with E-state index in [9.17, 15) is 22.8 Å². The molecule has 2 aromatic heterocycles. The number of esters is 1. The standard InChI is InChI=1S/C33H38F3N5O4/c1-18-13-21(40-32(43)45-33(3,4)5)17-41(16-18)31-22-10-12-27(44-19(2)42)29(22)38-15-26(31)37-14-20-9-11-25(36)30(39-20)28-23(34)7-6-8-24(28)35/h6-9,11,15,18,21,27,37H,10,12-14,16-17H2,1-5H3,(H,40,43)/t18-,21+,27?/m1/s1. The molecule has 45 heavy (non-hydrogen) atoms. The van der Waals surface area contributed by atoms with Gasteiger partial charge in [0.2, 0.25) is 0 Å². The predicted molar refractivity (Wildman–Crippen MR) is 163 cm³/mol. The summed E-state index contributed by atoms with van der Waals surface area (Å²) in [6.45, 7) is 10.2. The van der Waals surface area contributed by atoms with Crippen LogP contribution in [0.25, 0.3) is 11.3 Å². The van der Waals surface area contributed by atoms with Crippen LogP contribution < -0.4 is 15.5 Å². The Bertz CT molecular complexity index is 1570. The molecule has 0 saturated carbocycles. The van der Waals surface area contributed by atoms with Crippen molar-refractivity contribution in [2.45, 2.75) is 78.2 Å². The molecule has 1 aliphatic heterocycles. The number of amides is 1. The first-order valence-corrected chi connectivity index (χ1v) is 15.1. The number of carbonyl (C=O) groups excluding carboxylic acids is 2. The minimum absolute atomic E-state index is 0.104. The maximum absolute atomic E-state index is 14.7. The van der Waals surface area contributed by atoms with Gasteiger partial charge in [-0.25, -0.2) is 22.9 Å². The van der Waals surface area contributed by atoms with Crippen molar-refractivity contribution in [1.29, 1.82) is 0 Å². The van der Waals surface area contributed by atoms with Crippen LogP contribution in [0.5, 0.6) is 0 Å². The number of pyridine rings is 2. The van der Waals surface area contributed by atoms with E-state index in [1.54, 1.807) is 6.20 Å². The highest BCUT2D eigenvalue weighted by molar-refractivity contribution is 5.76. The van der Waals surface area contributed by atoms with Crippen LogP contribution in [-0.2, 0) is 27.2 Å². The number of alkyl carbamates (subject to hydrolysis) is 1. The molecule has 240 valence electrons. The maximum Gasteiger partial charge on any atom is 0.407 e. The largest absolute Gasteiger partial charge is 0.456 e. The monoisotopic (exact) mass is 625 g/mol. The van der Waals surface area contributed by atoms with Gasteiger partial charge in [-0.3, -0.25) is 9.78 Å². The van der Waals surface area contributed by atoms with Crippen LogP contribution in [0, 0.1) is 23.4 Å². The van der Waals surface area contributed by atoms with E-state index in [2.05, 4.69) is 32.4 Å². The first kappa shape index (κ1) is 32.1. The molecule has 1 aliphatic carbocycles. The van der Waals surface area contributed by atoms with Crippen molar-refractivity contribution in [2.75, 3.05) is 23.3 Å². The van der Waals surface area contributed by atoms with Gasteiger partial charge in [-0.2, -0.15) is 0 Å². The molecule has 2 N–H and O–H groups in total. The van der Waals surface area contributed by atoms with Gasteiger partial charge in [-0.1, -0.05) is 13.0 Å². The summed E-state index contributed by atoms with van der Waals surface area (Å²) < 4.78 is 54.7. The molecule has 3 heterocycles. The summed E-state index contributed by atoms with van der Waals surface area (Å²) in [6.07, 6.45) is 2.66. The molecule has 2 aliphatic rings. The number of benzene rings is 1. The minimum Gasteiger partial charge on any atom is -0.456 e. The fourth-order valence-electron chi connectivity index (χ4n) is 6.08. The van der Waals surface area contributed by atoms with Crippen molar-refractivity contribution in [3.63, 3.8) is 0 Å². The molecule has 0 spiro atoms. The van der Waals surface area contributed by atoms with E-state index in [1.165, 1.54) is 19.1 Å². The molecule has 0 radical (unpaired) electrons. The van der Waals surface area contributed by atoms with Crippen molar-refractivity contribution in [3.05, 3.63) is 70.9 Å². The number of nitrogens with one attached hydrogen (secondary N) is 2. The zero-order chi connectivity index (χ0) is 32.5. The quantitative estimate of drug-likeness (QED) is 0.288. The molecule has 1 saturated heterocycles. The first-order chi connectivity index (χ1) is 21.3. The van der Waals surface area contributed by atoms with Gasteiger partial charge in [-0.15, -0.1) is 0 Å². The van der Waals surface area contributed by atoms with E-state index in [0.29, 0.717) is 43.0 Å². The van der Waals surface area contributed by atoms with Crippen molar-refractivity contribution in [2.24, 2.45) is 5.92 Å². The Hall–Kier alpha value is -4.35. The maximum atomic E-state index is 14.7. The zero-order valence-electron chi connectivity index (χ0n) is 26.0. The highest BCUT2D eigenvalue weighted by atomic mass is 19.1. The first-order valence-electron chi connectivity index (χ1n) is 15.1. The van der Waals surface area contributed by atoms with Gasteiger partial charge in [0.1, 0.15) is 34.9 Å². The molecule has 3 atom stereocenters. The van der Waals surface area contributed by atoms with E-state index >= 15 is 0 Å². The number of aromatic nitrogens is 2. The second-order valence-corrected chi connectivity index (χ2v) is 12.7. The molecule has 3 aromatic rings. The number of hydrogen-bond donors (Lipinski definition) is 2. The van der Waals surface area contributed by atoms with Crippen LogP contribution in [-0.4, -0.2) is 46.8 Å². The highest BCUT2D eigenvalue weighted by Gasteiger charge is 2.35. The lowest BCUT2D eigenvalue weighted by Crippen LogP contribution is -2.51. The predicted octanol–water partition coefficient (Wildman–Crippen LogP) is 6.46. The molecule has 1 fully saturated rings. The van der Waals surface area contributed by atoms with Crippen molar-refractivity contribution in [3.8, 4) is 11.3 Å². The molecule has 1 unspecified atom stereocenters. The normalized spacial score (nSPS) is 19.6. The van der Waals surface area contributed by atoms with Crippen molar-refractivity contribution < 1.29 is 32.2 Å². The molecule has 0 bridgehead atoms. The lowest BCUT2D eigenvalue weighted by Gasteiger charge is -2.40. The van der Waals surface area contributed by atoms with Crippen molar-refractivity contribution in [1.82, 2.24) is 15.3 Å². The fourth-order valence-corrected chi connectivity index (χ4v) is 6.08. The number of rotatable bonds is 7. The smallest absolute Gasteiger partial charge is 0.407 e. The molecule has 9 nitrogen and oxygen atoms in total. The highest BCUT2D eigenvalue weighted by Crippen LogP contribution is 2.43. The fraction of sp³-hybridized carbons (Fsp3) is 0.455. The van der Waals surface area contributed by atoms with Crippen LogP contribution in [0.15, 0.2) is 36.5 Å². The summed E-state index contributed by atoms with van der Waals surface area (Å²) in [6, 6.07) is 5.71. The van der Waals surface area contributed by atoms with Gasteiger partial charge in [-0.05, 0) is 70.2 Å². The van der Waals surface area contributed by atoms with Crippen molar-refractivity contribution >= 4 is 23.4 Å². The zero-order valence-corrected chi connectivity index (χ0v) is 26.0. The van der Waals surface area contributed by atoms with E-state index < -0.39 is 52.5 Å². The van der Waals surface area contributed by atoms with Crippen LogP contribution >= 0.6 is 0 Å². The number of hydrogen-bond acceptors (Lipinski definition) is 8. The molecular formula is C33H38F3N5O4. The Balaban J connectivity index is 1.46. The van der Waals surface area contributed by atoms with E-state index in [-0.39, 0.29) is 18.5 Å². The SMILES string of the molecule is CC(=O)OC1CCc2c1ncc(NCc1ccc(F)c(-c3c(F)cccc3F)n1)c2N1C[C@H](C)C[C@H](NC(=O)OC(C)(C)C)C1. The third kappa shape index (κ3) is 7.49. The Morgan fingerprint density at radius 2 is 1.80 bits per heavy atom. The number of halogens is 3.